The molecule has 2 amide bonds. The number of nitrogens with one attached hydrogen (secondary N) is 1. The van der Waals surface area contributed by atoms with Crippen LogP contribution in [-0.4, -0.2) is 41.1 Å². The molecule has 0 aliphatic heterocycles. The van der Waals surface area contributed by atoms with Gasteiger partial charge in [-0.3, -0.25) is 4.79 Å². The average molecular weight is 254 g/mol. The molecule has 1 aliphatic carbocycles. The molecule has 0 aromatic carbocycles. The largest absolute Gasteiger partial charge is 0.481 e. The Hall–Kier alpha value is -1.52. The van der Waals surface area contributed by atoms with Gasteiger partial charge in [0.15, 0.2) is 0 Å². The summed E-state index contributed by atoms with van der Waals surface area (Å²) < 4.78 is 0. The van der Waals surface area contributed by atoms with E-state index in [2.05, 4.69) is 11.9 Å². The van der Waals surface area contributed by atoms with Crippen LogP contribution < -0.4 is 5.32 Å². The van der Waals surface area contributed by atoms with Crippen molar-refractivity contribution in [3.8, 4) is 0 Å². The van der Waals surface area contributed by atoms with Crippen LogP contribution in [0.2, 0.25) is 0 Å². The van der Waals surface area contributed by atoms with E-state index in [0.29, 0.717) is 6.54 Å². The smallest absolute Gasteiger partial charge is 0.317 e. The highest BCUT2D eigenvalue weighted by molar-refractivity contribution is 5.77. The summed E-state index contributed by atoms with van der Waals surface area (Å²) >= 11 is 0. The average Bonchev–Trinajstić information content (AvgIpc) is 2.63. The number of nitrogens with zero attached hydrogens (tertiary/aromatic N) is 1. The van der Waals surface area contributed by atoms with Crippen LogP contribution in [0.5, 0.6) is 0 Å². The van der Waals surface area contributed by atoms with Crippen molar-refractivity contribution < 1.29 is 14.7 Å². The number of likely N-dealkylation sites (N-methyl/N-ethyl adjacent to an activating group) is 1. The first-order chi connectivity index (χ1) is 8.34. The number of aliphatic carboxylic acids is 1. The molecule has 18 heavy (non-hydrogen) atoms. The molecule has 1 aliphatic rings. The van der Waals surface area contributed by atoms with Gasteiger partial charge in [-0.2, -0.15) is 0 Å². The number of urea groups is 1. The Morgan fingerprint density at radius 1 is 1.39 bits per heavy atom. The number of carboxylic acids is 1. The van der Waals surface area contributed by atoms with Gasteiger partial charge in [0.1, 0.15) is 0 Å². The van der Waals surface area contributed by atoms with E-state index in [-0.39, 0.29) is 12.5 Å². The minimum atomic E-state index is -0.861. The number of carboxylic acid groups (broad SMARTS) is 1. The van der Waals surface area contributed by atoms with E-state index in [9.17, 15) is 9.59 Å². The predicted octanol–water partition coefficient (Wildman–Crippen LogP) is 1.99. The van der Waals surface area contributed by atoms with Crippen LogP contribution in [0.25, 0.3) is 0 Å². The lowest BCUT2D eigenvalue weighted by molar-refractivity contribution is -0.138. The van der Waals surface area contributed by atoms with Crippen molar-refractivity contribution in [1.82, 2.24) is 10.2 Å². The lowest BCUT2D eigenvalue weighted by Crippen LogP contribution is -2.52. The summed E-state index contributed by atoms with van der Waals surface area (Å²) in [6, 6.07) is -0.221. The zero-order valence-corrected chi connectivity index (χ0v) is 11.2. The highest BCUT2D eigenvalue weighted by Gasteiger charge is 2.38. The van der Waals surface area contributed by atoms with Gasteiger partial charge in [0, 0.05) is 13.6 Å². The Morgan fingerprint density at radius 2 is 1.94 bits per heavy atom. The Balaban J connectivity index is 2.63. The molecular formula is C13H22N2O3. The molecule has 0 unspecified atom stereocenters. The van der Waals surface area contributed by atoms with Gasteiger partial charge in [-0.05, 0) is 19.8 Å². The van der Waals surface area contributed by atoms with E-state index in [4.69, 9.17) is 5.11 Å². The Morgan fingerprint density at radius 3 is 2.39 bits per heavy atom. The molecule has 1 rings (SSSR count). The Labute approximate surface area is 108 Å². The predicted molar refractivity (Wildman–Crippen MR) is 69.4 cm³/mol. The van der Waals surface area contributed by atoms with E-state index < -0.39 is 11.5 Å². The molecule has 0 radical (unpaired) electrons. The van der Waals surface area contributed by atoms with Crippen molar-refractivity contribution in [2.45, 2.75) is 44.6 Å². The molecule has 1 saturated carbocycles. The van der Waals surface area contributed by atoms with Crippen LogP contribution in [0, 0.1) is 0 Å². The Bertz CT molecular complexity index is 346. The van der Waals surface area contributed by atoms with Crippen molar-refractivity contribution in [2.24, 2.45) is 0 Å². The van der Waals surface area contributed by atoms with Gasteiger partial charge in [0.25, 0.3) is 0 Å². The first-order valence-electron chi connectivity index (χ1n) is 6.24. The molecule has 0 aromatic heterocycles. The maximum atomic E-state index is 12.0. The van der Waals surface area contributed by atoms with E-state index in [0.717, 1.165) is 31.3 Å². The monoisotopic (exact) mass is 254 g/mol. The summed E-state index contributed by atoms with van der Waals surface area (Å²) in [5, 5.41) is 11.9. The fourth-order valence-electron chi connectivity index (χ4n) is 2.49. The lowest BCUT2D eigenvalue weighted by Gasteiger charge is -2.31. The van der Waals surface area contributed by atoms with Crippen molar-refractivity contribution in [3.05, 3.63) is 12.2 Å². The van der Waals surface area contributed by atoms with Gasteiger partial charge in [-0.15, -0.1) is 0 Å². The Kier molecular flexibility index (Phi) is 4.76. The molecule has 2 N–H and O–H groups in total. The van der Waals surface area contributed by atoms with Crippen molar-refractivity contribution >= 4 is 12.0 Å². The fourth-order valence-corrected chi connectivity index (χ4v) is 2.49. The van der Waals surface area contributed by atoms with Crippen molar-refractivity contribution in [2.75, 3.05) is 13.6 Å². The summed E-state index contributed by atoms with van der Waals surface area (Å²) in [5.74, 6) is -0.861. The van der Waals surface area contributed by atoms with E-state index in [1.807, 2.05) is 6.92 Å². The van der Waals surface area contributed by atoms with E-state index in [1.165, 1.54) is 4.90 Å². The molecule has 5 nitrogen and oxygen atoms in total. The lowest BCUT2D eigenvalue weighted by atomic mass is 9.93. The third-order valence-corrected chi connectivity index (χ3v) is 3.28. The second-order valence-electron chi connectivity index (χ2n) is 5.30. The normalized spacial score (nSPS) is 17.2. The quantitative estimate of drug-likeness (QED) is 0.737. The maximum absolute atomic E-state index is 12.0. The summed E-state index contributed by atoms with van der Waals surface area (Å²) in [5.41, 5.74) is 0.332. The molecule has 0 saturated heterocycles. The molecular weight excluding hydrogens is 232 g/mol. The van der Waals surface area contributed by atoms with Crippen molar-refractivity contribution in [3.63, 3.8) is 0 Å². The van der Waals surface area contributed by atoms with Gasteiger partial charge in [0.2, 0.25) is 0 Å². The maximum Gasteiger partial charge on any atom is 0.317 e. The van der Waals surface area contributed by atoms with Gasteiger partial charge >= 0.3 is 12.0 Å². The van der Waals surface area contributed by atoms with Crippen LogP contribution in [0.15, 0.2) is 12.2 Å². The third kappa shape index (κ3) is 4.05. The fraction of sp³-hybridized carbons (Fsp3) is 0.692. The highest BCUT2D eigenvalue weighted by atomic mass is 16.4. The topological polar surface area (TPSA) is 69.6 Å². The second kappa shape index (κ2) is 5.89. The van der Waals surface area contributed by atoms with Crippen LogP contribution in [0.3, 0.4) is 0 Å². The number of hydrogen-bond acceptors (Lipinski definition) is 2. The molecule has 0 bridgehead atoms. The summed E-state index contributed by atoms with van der Waals surface area (Å²) in [4.78, 5) is 24.4. The molecule has 0 aromatic rings. The van der Waals surface area contributed by atoms with Gasteiger partial charge < -0.3 is 15.3 Å². The van der Waals surface area contributed by atoms with Crippen LogP contribution in [0.4, 0.5) is 4.79 Å². The third-order valence-electron chi connectivity index (χ3n) is 3.28. The zero-order valence-electron chi connectivity index (χ0n) is 11.2. The number of amides is 2. The number of rotatable bonds is 5. The van der Waals surface area contributed by atoms with Crippen LogP contribution in [0.1, 0.15) is 39.0 Å². The molecule has 1 fully saturated rings. The minimum absolute atomic E-state index is 0.000346. The highest BCUT2D eigenvalue weighted by Crippen LogP contribution is 2.32. The summed E-state index contributed by atoms with van der Waals surface area (Å²) in [7, 11) is 1.69. The molecule has 0 heterocycles. The van der Waals surface area contributed by atoms with Gasteiger partial charge in [-0.25, -0.2) is 4.79 Å². The standard InChI is InChI=1S/C13H22N2O3/c1-10(2)9-15(3)12(18)14-13(8-11(16)17)6-4-5-7-13/h1,4-9H2,2-3H3,(H,14,18)(H,16,17). The minimum Gasteiger partial charge on any atom is -0.481 e. The number of carbonyl (C=O) groups is 2. The molecule has 5 heteroatoms. The first kappa shape index (κ1) is 14.5. The van der Waals surface area contributed by atoms with Crippen molar-refractivity contribution in [1.29, 1.82) is 0 Å². The molecule has 0 spiro atoms. The van der Waals surface area contributed by atoms with Gasteiger partial charge in [0.05, 0.1) is 12.0 Å². The van der Waals surface area contributed by atoms with Gasteiger partial charge in [-0.1, -0.05) is 25.0 Å². The second-order valence-corrected chi connectivity index (χ2v) is 5.30. The molecule has 102 valence electrons. The van der Waals surface area contributed by atoms with Crippen LogP contribution >= 0.6 is 0 Å². The number of carbonyl (C=O) groups excluding carboxylic acids is 1. The molecule has 0 atom stereocenters. The summed E-state index contributed by atoms with van der Waals surface area (Å²) in [6.07, 6.45) is 3.42. The zero-order chi connectivity index (χ0) is 13.8. The van der Waals surface area contributed by atoms with E-state index in [1.54, 1.807) is 7.05 Å². The summed E-state index contributed by atoms with van der Waals surface area (Å²) in [6.45, 7) is 6.09. The SMILES string of the molecule is C=C(C)CN(C)C(=O)NC1(CC(=O)O)CCCC1. The number of hydrogen-bond donors (Lipinski definition) is 2. The van der Waals surface area contributed by atoms with Crippen LogP contribution in [-0.2, 0) is 4.79 Å². The van der Waals surface area contributed by atoms with E-state index >= 15 is 0 Å². The first-order valence-corrected chi connectivity index (χ1v) is 6.24.